The van der Waals surface area contributed by atoms with Gasteiger partial charge in [0, 0.05) is 35.8 Å². The van der Waals surface area contributed by atoms with Gasteiger partial charge in [-0.2, -0.15) is 0 Å². The number of imide groups is 1. The van der Waals surface area contributed by atoms with Gasteiger partial charge in [0.15, 0.2) is 0 Å². The SMILES string of the molecule is CN(C)c1ccc([C@H]2c3sc(=O)[nH]c3S[C@@H]3[C@H]4C[C@@H]([C@@H]5C(=O)N(c6ccc(F)cc6)C(=O)[C@@H]45)[C@@H]23)cc1. The Morgan fingerprint density at radius 3 is 2.28 bits per heavy atom. The average Bonchev–Trinajstić information content (AvgIpc) is 3.59. The Morgan fingerprint density at radius 1 is 0.944 bits per heavy atom. The van der Waals surface area contributed by atoms with Crippen molar-refractivity contribution in [3.8, 4) is 0 Å². The number of benzene rings is 2. The molecule has 2 aromatic carbocycles. The second-order valence-electron chi connectivity index (χ2n) is 10.4. The number of anilines is 2. The highest BCUT2D eigenvalue weighted by Gasteiger charge is 2.69. The van der Waals surface area contributed by atoms with E-state index in [4.69, 9.17) is 0 Å². The fourth-order valence-electron chi connectivity index (χ4n) is 7.21. The molecular formula is C27H24FN3O3S2. The molecule has 2 aliphatic heterocycles. The van der Waals surface area contributed by atoms with Crippen LogP contribution in [-0.2, 0) is 9.59 Å². The lowest BCUT2D eigenvalue weighted by atomic mass is 9.68. The van der Waals surface area contributed by atoms with Crippen LogP contribution in [0.15, 0.2) is 58.4 Å². The van der Waals surface area contributed by atoms with Crippen LogP contribution >= 0.6 is 23.1 Å². The number of aromatic nitrogens is 1. The summed E-state index contributed by atoms with van der Waals surface area (Å²) in [4.78, 5) is 47.1. The van der Waals surface area contributed by atoms with Crippen molar-refractivity contribution < 1.29 is 14.0 Å². The van der Waals surface area contributed by atoms with Gasteiger partial charge in [0.25, 0.3) is 0 Å². The van der Waals surface area contributed by atoms with Gasteiger partial charge in [-0.25, -0.2) is 4.39 Å². The van der Waals surface area contributed by atoms with Crippen molar-refractivity contribution in [2.45, 2.75) is 22.6 Å². The van der Waals surface area contributed by atoms with E-state index in [0.29, 0.717) is 5.69 Å². The number of hydrogen-bond donors (Lipinski definition) is 1. The minimum atomic E-state index is -0.399. The van der Waals surface area contributed by atoms with Crippen LogP contribution in [-0.4, -0.2) is 36.1 Å². The summed E-state index contributed by atoms with van der Waals surface area (Å²) in [6.45, 7) is 0. The summed E-state index contributed by atoms with van der Waals surface area (Å²) in [5.74, 6) is -1.16. The smallest absolute Gasteiger partial charge is 0.305 e. The first-order chi connectivity index (χ1) is 17.3. The molecule has 1 aromatic heterocycles. The summed E-state index contributed by atoms with van der Waals surface area (Å²) < 4.78 is 13.5. The van der Waals surface area contributed by atoms with Crippen LogP contribution in [0.4, 0.5) is 15.8 Å². The number of H-pyrrole nitrogens is 1. The molecule has 4 aliphatic rings. The molecule has 9 heteroatoms. The number of fused-ring (bicyclic) bond motifs is 9. The topological polar surface area (TPSA) is 73.5 Å². The number of thiazole rings is 1. The zero-order chi connectivity index (χ0) is 24.9. The standard InChI is InChI=1S/C27H24FN3O3S2/c1-30(2)14-7-3-12(4-8-14)18-19-16-11-17(22(19)35-24-23(18)36-27(34)29-24)21-20(16)25(32)31(26(21)33)15-9-5-13(28)6-10-15/h3-10,16-22H,11H2,1-2H3,(H,29,34)/t16-,17+,18-,19+,20+,21+,22-/m1/s1. The number of halogens is 1. The fraction of sp³-hybridized carbons (Fsp3) is 0.370. The van der Waals surface area contributed by atoms with Crippen molar-refractivity contribution in [3.05, 3.63) is 74.5 Å². The third-order valence-electron chi connectivity index (χ3n) is 8.58. The van der Waals surface area contributed by atoms with E-state index in [9.17, 15) is 18.8 Å². The molecule has 7 atom stereocenters. The van der Waals surface area contributed by atoms with E-state index in [1.807, 2.05) is 14.1 Å². The fourth-order valence-corrected chi connectivity index (χ4v) is 10.1. The van der Waals surface area contributed by atoms with Gasteiger partial charge in [-0.1, -0.05) is 23.5 Å². The van der Waals surface area contributed by atoms with E-state index >= 15 is 0 Å². The number of nitrogens with zero attached hydrogens (tertiary/aromatic N) is 2. The zero-order valence-corrected chi connectivity index (χ0v) is 21.3. The number of aromatic amines is 1. The van der Waals surface area contributed by atoms with E-state index in [2.05, 4.69) is 34.1 Å². The number of carbonyl (C=O) groups excluding carboxylic acids is 2. The average molecular weight is 522 g/mol. The lowest BCUT2D eigenvalue weighted by Gasteiger charge is -2.43. The number of nitrogens with one attached hydrogen (secondary N) is 1. The van der Waals surface area contributed by atoms with Crippen LogP contribution in [0.2, 0.25) is 0 Å². The summed E-state index contributed by atoms with van der Waals surface area (Å²) in [6, 6.07) is 14.1. The summed E-state index contributed by atoms with van der Waals surface area (Å²) >= 11 is 2.95. The molecule has 7 rings (SSSR count). The molecule has 36 heavy (non-hydrogen) atoms. The lowest BCUT2D eigenvalue weighted by Crippen LogP contribution is -2.42. The first-order valence-corrected chi connectivity index (χ1v) is 13.8. The maximum absolute atomic E-state index is 13.7. The van der Waals surface area contributed by atoms with Gasteiger partial charge in [0.1, 0.15) is 5.82 Å². The third-order valence-corrected chi connectivity index (χ3v) is 11.2. The minimum Gasteiger partial charge on any atom is -0.378 e. The molecule has 1 saturated heterocycles. The molecule has 0 radical (unpaired) electrons. The molecule has 184 valence electrons. The molecule has 0 unspecified atom stereocenters. The summed E-state index contributed by atoms with van der Waals surface area (Å²) in [6.07, 6.45) is 0.845. The molecule has 0 spiro atoms. The molecule has 6 nitrogen and oxygen atoms in total. The summed E-state index contributed by atoms with van der Waals surface area (Å²) in [5.41, 5.74) is 2.68. The van der Waals surface area contributed by atoms with Crippen LogP contribution in [0.3, 0.4) is 0 Å². The first-order valence-electron chi connectivity index (χ1n) is 12.1. The Morgan fingerprint density at radius 2 is 1.61 bits per heavy atom. The maximum Gasteiger partial charge on any atom is 0.305 e. The largest absolute Gasteiger partial charge is 0.378 e. The predicted molar refractivity (Wildman–Crippen MR) is 138 cm³/mol. The number of thioether (sulfide) groups is 1. The minimum absolute atomic E-state index is 0.00476. The molecule has 2 aliphatic carbocycles. The van der Waals surface area contributed by atoms with E-state index in [1.165, 1.54) is 40.5 Å². The van der Waals surface area contributed by atoms with Crippen LogP contribution < -0.4 is 14.7 Å². The van der Waals surface area contributed by atoms with Gasteiger partial charge < -0.3 is 9.88 Å². The van der Waals surface area contributed by atoms with Crippen LogP contribution in [0.1, 0.15) is 22.8 Å². The molecule has 1 N–H and O–H groups in total. The van der Waals surface area contributed by atoms with Crippen LogP contribution in [0.25, 0.3) is 0 Å². The van der Waals surface area contributed by atoms with E-state index in [-0.39, 0.29) is 57.4 Å². The van der Waals surface area contributed by atoms with Crippen molar-refractivity contribution >= 4 is 46.3 Å². The Kier molecular flexibility index (Phi) is 4.83. The predicted octanol–water partition coefficient (Wildman–Crippen LogP) is 4.32. The maximum atomic E-state index is 13.7. The zero-order valence-electron chi connectivity index (χ0n) is 19.7. The van der Waals surface area contributed by atoms with E-state index in [1.54, 1.807) is 11.8 Å². The summed E-state index contributed by atoms with van der Waals surface area (Å²) in [7, 11) is 4.01. The molecule has 2 saturated carbocycles. The molecular weight excluding hydrogens is 497 g/mol. The first kappa shape index (κ1) is 22.3. The van der Waals surface area contributed by atoms with Crippen molar-refractivity contribution in [1.29, 1.82) is 0 Å². The van der Waals surface area contributed by atoms with Gasteiger partial charge in [-0.3, -0.25) is 19.3 Å². The molecule has 3 fully saturated rings. The molecule has 3 aromatic rings. The Labute approximate surface area is 215 Å². The Balaban J connectivity index is 1.31. The normalized spacial score (nSPS) is 32.0. The highest BCUT2D eigenvalue weighted by atomic mass is 32.2. The van der Waals surface area contributed by atoms with Crippen molar-refractivity contribution in [2.24, 2.45) is 29.6 Å². The Hall–Kier alpha value is -2.91. The van der Waals surface area contributed by atoms with E-state index in [0.717, 1.165) is 27.6 Å². The van der Waals surface area contributed by atoms with Gasteiger partial charge in [0.05, 0.1) is 22.5 Å². The molecule has 3 heterocycles. The second-order valence-corrected chi connectivity index (χ2v) is 12.6. The lowest BCUT2D eigenvalue weighted by molar-refractivity contribution is -0.123. The van der Waals surface area contributed by atoms with Crippen LogP contribution in [0.5, 0.6) is 0 Å². The third kappa shape index (κ3) is 2.99. The number of hydrogen-bond acceptors (Lipinski definition) is 6. The van der Waals surface area contributed by atoms with Gasteiger partial charge in [0.2, 0.25) is 11.8 Å². The van der Waals surface area contributed by atoms with Gasteiger partial charge in [-0.15, -0.1) is 11.8 Å². The Bertz CT molecular complexity index is 1450. The van der Waals surface area contributed by atoms with Crippen molar-refractivity contribution in [1.82, 2.24) is 4.98 Å². The number of carbonyl (C=O) groups is 2. The quantitative estimate of drug-likeness (QED) is 0.520. The highest BCUT2D eigenvalue weighted by molar-refractivity contribution is 8.00. The second kappa shape index (κ2) is 7.79. The van der Waals surface area contributed by atoms with Gasteiger partial charge in [-0.05, 0) is 66.1 Å². The van der Waals surface area contributed by atoms with Crippen LogP contribution in [0, 0.1) is 35.4 Å². The van der Waals surface area contributed by atoms with Gasteiger partial charge >= 0.3 is 4.87 Å². The summed E-state index contributed by atoms with van der Waals surface area (Å²) in [5, 5.41) is 1.06. The number of rotatable bonds is 3. The number of amides is 2. The van der Waals surface area contributed by atoms with E-state index < -0.39 is 5.82 Å². The highest BCUT2D eigenvalue weighted by Crippen LogP contribution is 2.68. The molecule has 2 bridgehead atoms. The van der Waals surface area contributed by atoms with Crippen molar-refractivity contribution in [2.75, 3.05) is 23.9 Å². The monoisotopic (exact) mass is 521 g/mol. The molecule has 2 amide bonds. The van der Waals surface area contributed by atoms with Crippen molar-refractivity contribution in [3.63, 3.8) is 0 Å².